The first kappa shape index (κ1) is 11.6. The number of halogens is 3. The highest BCUT2D eigenvalue weighted by molar-refractivity contribution is 6.30. The molecule has 1 aliphatic heterocycles. The van der Waals surface area contributed by atoms with Gasteiger partial charge in [0.05, 0.1) is 6.04 Å². The SMILES string of the molecule is N[C@@H]1c2nccn2C[C@H]1c1c(F)cc(Cl)cc1F. The third kappa shape index (κ3) is 1.62. The van der Waals surface area contributed by atoms with E-state index >= 15 is 0 Å². The highest BCUT2D eigenvalue weighted by atomic mass is 35.5. The van der Waals surface area contributed by atoms with E-state index in [1.54, 1.807) is 12.4 Å². The summed E-state index contributed by atoms with van der Waals surface area (Å²) in [6, 6.07) is 1.70. The number of benzene rings is 1. The molecule has 3 nitrogen and oxygen atoms in total. The smallest absolute Gasteiger partial charge is 0.131 e. The van der Waals surface area contributed by atoms with Crippen LogP contribution in [0.4, 0.5) is 8.78 Å². The molecule has 1 aromatic carbocycles. The molecule has 1 aromatic heterocycles. The van der Waals surface area contributed by atoms with E-state index in [-0.39, 0.29) is 10.6 Å². The summed E-state index contributed by atoms with van der Waals surface area (Å²) in [6.07, 6.45) is 3.38. The molecule has 2 aromatic rings. The minimum atomic E-state index is -0.661. The van der Waals surface area contributed by atoms with Gasteiger partial charge in [-0.3, -0.25) is 0 Å². The van der Waals surface area contributed by atoms with E-state index in [0.717, 1.165) is 12.1 Å². The van der Waals surface area contributed by atoms with Crippen LogP contribution in [0.25, 0.3) is 0 Å². The number of hydrogen-bond acceptors (Lipinski definition) is 2. The molecule has 0 bridgehead atoms. The summed E-state index contributed by atoms with van der Waals surface area (Å²) in [4.78, 5) is 4.10. The predicted octanol–water partition coefficient (Wildman–Crippen LogP) is 2.61. The lowest BCUT2D eigenvalue weighted by Crippen LogP contribution is -2.18. The molecule has 0 saturated carbocycles. The minimum Gasteiger partial charge on any atom is -0.333 e. The van der Waals surface area contributed by atoms with E-state index in [1.165, 1.54) is 0 Å². The summed E-state index contributed by atoms with van der Waals surface area (Å²) in [7, 11) is 0. The molecule has 1 aliphatic rings. The fourth-order valence-electron chi connectivity index (χ4n) is 2.46. The van der Waals surface area contributed by atoms with Crippen LogP contribution in [0.3, 0.4) is 0 Å². The first-order chi connectivity index (χ1) is 8.58. The highest BCUT2D eigenvalue weighted by Gasteiger charge is 2.35. The summed E-state index contributed by atoms with van der Waals surface area (Å²) in [5.74, 6) is -1.13. The molecule has 2 atom stereocenters. The summed E-state index contributed by atoms with van der Waals surface area (Å²) in [5, 5.41) is 0.0399. The maximum Gasteiger partial charge on any atom is 0.131 e. The van der Waals surface area contributed by atoms with E-state index in [0.29, 0.717) is 12.4 Å². The van der Waals surface area contributed by atoms with Crippen LogP contribution in [0.5, 0.6) is 0 Å². The first-order valence-electron chi connectivity index (χ1n) is 5.49. The van der Waals surface area contributed by atoms with E-state index in [2.05, 4.69) is 4.98 Å². The van der Waals surface area contributed by atoms with Crippen LogP contribution in [0.2, 0.25) is 5.02 Å². The van der Waals surface area contributed by atoms with Gasteiger partial charge in [0.1, 0.15) is 17.5 Å². The summed E-state index contributed by atoms with van der Waals surface area (Å²) >= 11 is 5.60. The second kappa shape index (κ2) is 4.03. The van der Waals surface area contributed by atoms with Crippen LogP contribution in [0.1, 0.15) is 23.3 Å². The molecule has 2 N–H and O–H groups in total. The van der Waals surface area contributed by atoms with Crippen molar-refractivity contribution in [2.75, 3.05) is 0 Å². The van der Waals surface area contributed by atoms with Gasteiger partial charge < -0.3 is 10.3 Å². The van der Waals surface area contributed by atoms with Crippen LogP contribution < -0.4 is 5.73 Å². The van der Waals surface area contributed by atoms with E-state index in [4.69, 9.17) is 17.3 Å². The van der Waals surface area contributed by atoms with Crippen LogP contribution in [0, 0.1) is 11.6 Å². The van der Waals surface area contributed by atoms with Crippen molar-refractivity contribution in [3.05, 3.63) is 52.6 Å². The molecular weight excluding hydrogens is 260 g/mol. The van der Waals surface area contributed by atoms with Crippen molar-refractivity contribution < 1.29 is 8.78 Å². The van der Waals surface area contributed by atoms with Gasteiger partial charge in [-0.25, -0.2) is 13.8 Å². The lowest BCUT2D eigenvalue weighted by molar-refractivity contribution is 0.483. The zero-order valence-electron chi connectivity index (χ0n) is 9.28. The van der Waals surface area contributed by atoms with Gasteiger partial charge in [-0.05, 0) is 12.1 Å². The Kier molecular flexibility index (Phi) is 2.60. The van der Waals surface area contributed by atoms with Gasteiger partial charge in [-0.2, -0.15) is 0 Å². The Hall–Kier alpha value is -1.46. The Labute approximate surface area is 107 Å². The molecule has 3 rings (SSSR count). The van der Waals surface area contributed by atoms with Gasteiger partial charge in [0, 0.05) is 35.4 Å². The molecule has 0 spiro atoms. The van der Waals surface area contributed by atoms with Gasteiger partial charge in [0.2, 0.25) is 0 Å². The largest absolute Gasteiger partial charge is 0.333 e. The Morgan fingerprint density at radius 2 is 2.00 bits per heavy atom. The minimum absolute atomic E-state index is 0.0163. The standard InChI is InChI=1S/C12H10ClF2N3/c13-6-3-8(14)10(9(15)4-6)7-5-18-2-1-17-12(18)11(7)16/h1-4,7,11H,5,16H2/t7-,11-/m0/s1. The lowest BCUT2D eigenvalue weighted by atomic mass is 9.93. The number of hydrogen-bond donors (Lipinski definition) is 1. The van der Waals surface area contributed by atoms with Crippen LogP contribution in [0.15, 0.2) is 24.5 Å². The normalized spacial score (nSPS) is 22.2. The Balaban J connectivity index is 2.06. The molecule has 0 amide bonds. The second-order valence-corrected chi connectivity index (χ2v) is 4.79. The number of nitrogens with two attached hydrogens (primary N) is 1. The number of imidazole rings is 1. The van der Waals surface area contributed by atoms with Crippen molar-refractivity contribution in [3.8, 4) is 0 Å². The van der Waals surface area contributed by atoms with Gasteiger partial charge in [-0.15, -0.1) is 0 Å². The average Bonchev–Trinajstić information content (AvgIpc) is 2.82. The van der Waals surface area contributed by atoms with Crippen LogP contribution in [-0.2, 0) is 6.54 Å². The molecular formula is C12H10ClF2N3. The third-order valence-electron chi connectivity index (χ3n) is 3.29. The molecule has 2 heterocycles. The lowest BCUT2D eigenvalue weighted by Gasteiger charge is -2.16. The fraction of sp³-hybridized carbons (Fsp3) is 0.250. The molecule has 6 heteroatoms. The first-order valence-corrected chi connectivity index (χ1v) is 5.87. The van der Waals surface area contributed by atoms with Crippen molar-refractivity contribution in [2.45, 2.75) is 18.5 Å². The van der Waals surface area contributed by atoms with Crippen LogP contribution >= 0.6 is 11.6 Å². The molecule has 94 valence electrons. The monoisotopic (exact) mass is 269 g/mol. The van der Waals surface area contributed by atoms with E-state index in [9.17, 15) is 8.78 Å². The highest BCUT2D eigenvalue weighted by Crippen LogP contribution is 2.38. The topological polar surface area (TPSA) is 43.8 Å². The molecule has 0 fully saturated rings. The quantitative estimate of drug-likeness (QED) is 0.865. The number of aromatic nitrogens is 2. The maximum atomic E-state index is 13.9. The molecule has 0 saturated heterocycles. The third-order valence-corrected chi connectivity index (χ3v) is 3.51. The summed E-state index contributed by atoms with van der Waals surface area (Å²) in [6.45, 7) is 0.423. The van der Waals surface area contributed by atoms with E-state index < -0.39 is 23.6 Å². The van der Waals surface area contributed by atoms with Crippen LogP contribution in [-0.4, -0.2) is 9.55 Å². The van der Waals surface area contributed by atoms with Crippen molar-refractivity contribution in [3.63, 3.8) is 0 Å². The van der Waals surface area contributed by atoms with Crippen molar-refractivity contribution in [1.82, 2.24) is 9.55 Å². The van der Waals surface area contributed by atoms with Gasteiger partial charge in [0.15, 0.2) is 0 Å². The predicted molar refractivity (Wildman–Crippen MR) is 63.3 cm³/mol. The van der Waals surface area contributed by atoms with Crippen molar-refractivity contribution in [2.24, 2.45) is 5.73 Å². The Morgan fingerprint density at radius 3 is 2.61 bits per heavy atom. The summed E-state index contributed by atoms with van der Waals surface area (Å²) in [5.41, 5.74) is 5.98. The second-order valence-electron chi connectivity index (χ2n) is 4.35. The average molecular weight is 270 g/mol. The van der Waals surface area contributed by atoms with E-state index in [1.807, 2.05) is 4.57 Å². The Morgan fingerprint density at radius 1 is 1.33 bits per heavy atom. The van der Waals surface area contributed by atoms with Gasteiger partial charge >= 0.3 is 0 Å². The fourth-order valence-corrected chi connectivity index (χ4v) is 2.65. The van der Waals surface area contributed by atoms with Gasteiger partial charge in [-0.1, -0.05) is 11.6 Å². The van der Waals surface area contributed by atoms with Crippen molar-refractivity contribution in [1.29, 1.82) is 0 Å². The zero-order chi connectivity index (χ0) is 12.9. The summed E-state index contributed by atoms with van der Waals surface area (Å²) < 4.78 is 29.5. The number of rotatable bonds is 1. The number of fused-ring (bicyclic) bond motifs is 1. The van der Waals surface area contributed by atoms with Crippen molar-refractivity contribution >= 4 is 11.6 Å². The zero-order valence-corrected chi connectivity index (χ0v) is 10.0. The molecule has 0 aliphatic carbocycles. The molecule has 18 heavy (non-hydrogen) atoms. The Bertz CT molecular complexity index is 588. The number of nitrogens with zero attached hydrogens (tertiary/aromatic N) is 2. The molecule has 0 unspecified atom stereocenters. The van der Waals surface area contributed by atoms with Gasteiger partial charge in [0.25, 0.3) is 0 Å². The maximum absolute atomic E-state index is 13.9. The molecule has 0 radical (unpaired) electrons.